The molecule has 3 aliphatic rings. The first-order valence-electron chi connectivity index (χ1n) is 22.2. The predicted molar refractivity (Wildman–Crippen MR) is 243 cm³/mol. The van der Waals surface area contributed by atoms with E-state index < -0.39 is 59.9 Å². The number of epoxide rings is 1. The Morgan fingerprint density at radius 3 is 1.34 bits per heavy atom. The highest BCUT2D eigenvalue weighted by Gasteiger charge is 2.47. The van der Waals surface area contributed by atoms with Crippen LogP contribution >= 0.6 is 0 Å². The first kappa shape index (κ1) is 51.0. The fourth-order valence-electron chi connectivity index (χ4n) is 6.84. The Kier molecular flexibility index (Phi) is 17.8. The average Bonchev–Trinajstić information content (AvgIpc) is 3.99. The summed E-state index contributed by atoms with van der Waals surface area (Å²) in [5.41, 5.74) is -0.0935. The van der Waals surface area contributed by atoms with Crippen molar-refractivity contribution in [2.75, 3.05) is 46.1 Å². The minimum Gasteiger partial charge on any atom is -0.490 e. The van der Waals surface area contributed by atoms with Gasteiger partial charge in [0.05, 0.1) is 28.9 Å². The number of nitrogens with zero attached hydrogens (tertiary/aromatic N) is 2. The number of ether oxygens (including phenoxy) is 5. The van der Waals surface area contributed by atoms with Crippen molar-refractivity contribution < 1.29 is 67.1 Å². The maximum Gasteiger partial charge on any atom is 0.326 e. The lowest BCUT2D eigenvalue weighted by Crippen LogP contribution is -2.36. The lowest BCUT2D eigenvalue weighted by atomic mass is 9.89. The number of imide groups is 2. The Bertz CT molecular complexity index is 2370. The van der Waals surface area contributed by atoms with Gasteiger partial charge in [-0.1, -0.05) is 70.7 Å². The standard InChI is InChI=1S/C26H29NO7.C22H19NO7.C3H8/c1-3-4-7-14-26(2,32)23(29)18-10-12-19(13-11-18)33-15-16-34-22(28)17-27-24(30)20-8-5-6-9-21(20)25(27)31;1-22(13-30-22)19(25)14-6-8-15(9-7-14)28-10-11-29-18(24)12-23-20(26)16-4-2-3-5-17(16)21(23)27;1-3-2/h5-6,8-13,32H,3-4,7,14-17H2,1-2H3;2-9H,10-13H2,1H3;3H2,1-2H3. The van der Waals surface area contributed by atoms with Crippen LogP contribution in [-0.2, 0) is 23.8 Å². The van der Waals surface area contributed by atoms with Gasteiger partial charge in [0.25, 0.3) is 23.6 Å². The van der Waals surface area contributed by atoms with Gasteiger partial charge in [-0.05, 0) is 93.1 Å². The van der Waals surface area contributed by atoms with Crippen molar-refractivity contribution in [1.29, 1.82) is 0 Å². The number of aliphatic hydroxyl groups is 1. The zero-order valence-corrected chi connectivity index (χ0v) is 38.4. The van der Waals surface area contributed by atoms with Crippen molar-refractivity contribution in [3.8, 4) is 11.5 Å². The molecule has 2 atom stereocenters. The quantitative estimate of drug-likeness (QED) is 0.0321. The number of ketones is 2. The molecule has 2 unspecified atom stereocenters. The maximum absolute atomic E-state index is 12.6. The minimum absolute atomic E-state index is 0.0470. The smallest absolute Gasteiger partial charge is 0.326 e. The summed E-state index contributed by atoms with van der Waals surface area (Å²) in [7, 11) is 0. The second-order valence-electron chi connectivity index (χ2n) is 16.3. The number of Topliss-reactive ketones (excluding diaryl/α,β-unsaturated/α-hetero) is 2. The van der Waals surface area contributed by atoms with Crippen molar-refractivity contribution in [2.24, 2.45) is 0 Å². The maximum atomic E-state index is 12.6. The molecule has 16 heteroatoms. The number of rotatable bonds is 20. The van der Waals surface area contributed by atoms with Gasteiger partial charge in [0.15, 0.2) is 17.2 Å². The highest BCUT2D eigenvalue weighted by atomic mass is 16.6. The van der Waals surface area contributed by atoms with Crippen LogP contribution in [0.3, 0.4) is 0 Å². The number of carbonyl (C=O) groups excluding carboxylic acids is 8. The van der Waals surface area contributed by atoms with Crippen LogP contribution in [0, 0.1) is 0 Å². The molecule has 1 N–H and O–H groups in total. The SMILES string of the molecule is CC1(C(=O)c2ccc(OCCOC(=O)CN3C(=O)c4ccccc4C3=O)cc2)CO1.CCC.CCCCCC(C)(O)C(=O)c1ccc(OCCOC(=O)CN2C(=O)c3ccccc3C2=O)cc1. The van der Waals surface area contributed by atoms with Crippen LogP contribution in [0.15, 0.2) is 97.1 Å². The number of amides is 4. The van der Waals surface area contributed by atoms with Gasteiger partial charge in [0.2, 0.25) is 0 Å². The summed E-state index contributed by atoms with van der Waals surface area (Å²) in [4.78, 5) is 99.6. The van der Waals surface area contributed by atoms with E-state index in [-0.39, 0.29) is 60.2 Å². The van der Waals surface area contributed by atoms with Crippen LogP contribution in [0.1, 0.15) is 129 Å². The zero-order chi connectivity index (χ0) is 48.7. The van der Waals surface area contributed by atoms with Crippen molar-refractivity contribution in [3.63, 3.8) is 0 Å². The second kappa shape index (κ2) is 23.4. The summed E-state index contributed by atoms with van der Waals surface area (Å²) in [6.07, 6.45) is 4.40. The molecule has 4 aromatic carbocycles. The third-order valence-corrected chi connectivity index (χ3v) is 10.6. The third-order valence-electron chi connectivity index (χ3n) is 10.6. The second-order valence-corrected chi connectivity index (χ2v) is 16.3. The normalized spacial score (nSPS) is 16.3. The summed E-state index contributed by atoms with van der Waals surface area (Å²) < 4.78 is 26.3. The number of carbonyl (C=O) groups is 8. The van der Waals surface area contributed by atoms with E-state index in [4.69, 9.17) is 23.7 Å². The van der Waals surface area contributed by atoms with E-state index in [0.29, 0.717) is 35.7 Å². The lowest BCUT2D eigenvalue weighted by molar-refractivity contribution is -0.145. The molecule has 3 heterocycles. The predicted octanol–water partition coefficient (Wildman–Crippen LogP) is 6.71. The third kappa shape index (κ3) is 13.3. The fraction of sp³-hybridized carbons (Fsp3) is 0.373. The number of benzene rings is 4. The van der Waals surface area contributed by atoms with Gasteiger partial charge < -0.3 is 28.8 Å². The Morgan fingerprint density at radius 2 is 0.985 bits per heavy atom. The van der Waals surface area contributed by atoms with Crippen molar-refractivity contribution >= 4 is 47.1 Å². The van der Waals surface area contributed by atoms with Gasteiger partial charge in [-0.25, -0.2) is 0 Å². The van der Waals surface area contributed by atoms with Crippen LogP contribution in [-0.4, -0.2) is 119 Å². The zero-order valence-electron chi connectivity index (χ0n) is 38.4. The van der Waals surface area contributed by atoms with Crippen LogP contribution in [0.25, 0.3) is 0 Å². The van der Waals surface area contributed by atoms with E-state index in [0.717, 1.165) is 29.1 Å². The molecular weight excluding hydrogens is 865 g/mol. The number of esters is 2. The average molecular weight is 921 g/mol. The number of fused-ring (bicyclic) bond motifs is 2. The van der Waals surface area contributed by atoms with Crippen molar-refractivity contribution in [3.05, 3.63) is 130 Å². The molecule has 0 spiro atoms. The summed E-state index contributed by atoms with van der Waals surface area (Å²) in [6.45, 7) is 9.11. The number of hydrogen-bond acceptors (Lipinski definition) is 14. The van der Waals surface area contributed by atoms with Gasteiger partial charge in [-0.15, -0.1) is 0 Å². The fourth-order valence-corrected chi connectivity index (χ4v) is 6.84. The summed E-state index contributed by atoms with van der Waals surface area (Å²) >= 11 is 0. The molecule has 4 aromatic rings. The largest absolute Gasteiger partial charge is 0.490 e. The monoisotopic (exact) mass is 920 g/mol. The van der Waals surface area contributed by atoms with E-state index in [1.807, 2.05) is 0 Å². The summed E-state index contributed by atoms with van der Waals surface area (Å²) in [5.74, 6) is -2.90. The molecule has 7 rings (SSSR count). The molecule has 67 heavy (non-hydrogen) atoms. The van der Waals surface area contributed by atoms with Gasteiger partial charge in [-0.2, -0.15) is 0 Å². The van der Waals surface area contributed by atoms with Gasteiger partial charge >= 0.3 is 11.9 Å². The Morgan fingerprint density at radius 1 is 0.612 bits per heavy atom. The summed E-state index contributed by atoms with van der Waals surface area (Å²) in [6, 6.07) is 25.8. The summed E-state index contributed by atoms with van der Waals surface area (Å²) in [5, 5.41) is 10.5. The molecule has 0 aliphatic carbocycles. The van der Waals surface area contributed by atoms with Crippen LogP contribution in [0.4, 0.5) is 0 Å². The van der Waals surface area contributed by atoms with Crippen LogP contribution in [0.5, 0.6) is 11.5 Å². The van der Waals surface area contributed by atoms with Crippen LogP contribution in [0.2, 0.25) is 0 Å². The molecule has 16 nitrogen and oxygen atoms in total. The Balaban J connectivity index is 0.000000238. The molecule has 0 radical (unpaired) electrons. The molecule has 3 aliphatic heterocycles. The Hall–Kier alpha value is -7.04. The number of hydrogen-bond donors (Lipinski definition) is 1. The number of unbranched alkanes of at least 4 members (excludes halogenated alkanes) is 2. The van der Waals surface area contributed by atoms with Gasteiger partial charge in [-0.3, -0.25) is 48.2 Å². The topological polar surface area (TPSA) is 213 Å². The highest BCUT2D eigenvalue weighted by molar-refractivity contribution is 6.23. The van der Waals surface area contributed by atoms with E-state index in [1.165, 1.54) is 13.3 Å². The molecule has 4 amide bonds. The van der Waals surface area contributed by atoms with Gasteiger partial charge in [0, 0.05) is 11.1 Å². The first-order valence-corrected chi connectivity index (χ1v) is 22.2. The Labute approximate surface area is 389 Å². The molecule has 0 aromatic heterocycles. The molecular formula is C51H56N2O14. The van der Waals surface area contributed by atoms with E-state index in [9.17, 15) is 43.5 Å². The molecule has 0 saturated carbocycles. The minimum atomic E-state index is -1.41. The molecule has 1 fully saturated rings. The molecule has 0 bridgehead atoms. The van der Waals surface area contributed by atoms with Crippen molar-refractivity contribution in [1.82, 2.24) is 9.80 Å². The van der Waals surface area contributed by atoms with E-state index in [2.05, 4.69) is 20.8 Å². The first-order chi connectivity index (χ1) is 32.0. The van der Waals surface area contributed by atoms with Crippen LogP contribution < -0.4 is 9.47 Å². The van der Waals surface area contributed by atoms with E-state index >= 15 is 0 Å². The highest BCUT2D eigenvalue weighted by Crippen LogP contribution is 2.31. The molecule has 1 saturated heterocycles. The van der Waals surface area contributed by atoms with Gasteiger partial charge in [0.1, 0.15) is 56.6 Å². The molecule has 354 valence electrons. The lowest BCUT2D eigenvalue weighted by Gasteiger charge is -2.21. The van der Waals surface area contributed by atoms with E-state index in [1.54, 1.807) is 104 Å². The van der Waals surface area contributed by atoms with Crippen molar-refractivity contribution in [2.45, 2.75) is 77.9 Å².